The zero-order valence-corrected chi connectivity index (χ0v) is 13.6. The lowest BCUT2D eigenvalue weighted by molar-refractivity contribution is 0.0972. The van der Waals surface area contributed by atoms with E-state index >= 15 is 0 Å². The number of nitrogens with two attached hydrogens (primary N) is 1. The molecular weight excluding hydrogens is 316 g/mol. The number of guanidine groups is 1. The molecule has 0 radical (unpaired) electrons. The second kappa shape index (κ2) is 8.24. The molecule has 1 amide bonds. The summed E-state index contributed by atoms with van der Waals surface area (Å²) < 4.78 is 5.29. The molecule has 6 nitrogen and oxygen atoms in total. The molecule has 0 bridgehead atoms. The van der Waals surface area contributed by atoms with E-state index in [4.69, 9.17) is 21.8 Å². The first-order chi connectivity index (χ1) is 11.1. The van der Waals surface area contributed by atoms with Gasteiger partial charge in [-0.3, -0.25) is 9.79 Å². The van der Waals surface area contributed by atoms with E-state index in [0.29, 0.717) is 24.8 Å². The van der Waals surface area contributed by atoms with Gasteiger partial charge in [-0.25, -0.2) is 0 Å². The topological polar surface area (TPSA) is 92.6 Å². The number of rotatable bonds is 6. The number of carbonyl (C=O) groups is 1. The van der Waals surface area contributed by atoms with E-state index in [1.807, 2.05) is 24.3 Å². The third-order valence-electron chi connectivity index (χ3n) is 3.15. The summed E-state index contributed by atoms with van der Waals surface area (Å²) in [5, 5.41) is 7.03. The number of nitrogens with one attached hydrogen (secondary N) is 2. The third-order valence-corrected chi connectivity index (χ3v) is 3.39. The Balaban J connectivity index is 1.78. The number of hydrogen-bond donors (Lipinski definition) is 3. The highest BCUT2D eigenvalue weighted by molar-refractivity contribution is 6.30. The fourth-order valence-corrected chi connectivity index (χ4v) is 2.23. The Morgan fingerprint density at radius 1 is 1.30 bits per heavy atom. The Labute approximate surface area is 139 Å². The third kappa shape index (κ3) is 5.34. The van der Waals surface area contributed by atoms with E-state index < -0.39 is 5.91 Å². The van der Waals surface area contributed by atoms with Crippen LogP contribution in [0.25, 0.3) is 0 Å². The van der Waals surface area contributed by atoms with E-state index in [2.05, 4.69) is 15.6 Å². The normalized spacial score (nSPS) is 11.3. The SMILES string of the molecule is CN=C(NCCc1cccc(Cl)c1)NCc1ccc(C(N)=O)o1. The molecule has 0 saturated carbocycles. The van der Waals surface area contributed by atoms with Crippen molar-refractivity contribution < 1.29 is 9.21 Å². The summed E-state index contributed by atoms with van der Waals surface area (Å²) in [6, 6.07) is 11.0. The number of halogens is 1. The minimum absolute atomic E-state index is 0.144. The van der Waals surface area contributed by atoms with Gasteiger partial charge in [0.2, 0.25) is 0 Å². The summed E-state index contributed by atoms with van der Waals surface area (Å²) in [6.45, 7) is 1.12. The molecule has 0 aliphatic heterocycles. The molecule has 1 heterocycles. The van der Waals surface area contributed by atoms with E-state index in [-0.39, 0.29) is 5.76 Å². The van der Waals surface area contributed by atoms with Crippen LogP contribution < -0.4 is 16.4 Å². The van der Waals surface area contributed by atoms with Gasteiger partial charge in [0.05, 0.1) is 6.54 Å². The fourth-order valence-electron chi connectivity index (χ4n) is 2.01. The fraction of sp³-hybridized carbons (Fsp3) is 0.250. The zero-order valence-electron chi connectivity index (χ0n) is 12.8. The standard InChI is InChI=1S/C16H19ClN4O2/c1-19-16(20-8-7-11-3-2-4-12(17)9-11)21-10-13-5-6-14(23-13)15(18)22/h2-6,9H,7-8,10H2,1H3,(H2,18,22)(H2,19,20,21). The van der Waals surface area contributed by atoms with E-state index in [1.54, 1.807) is 19.2 Å². The van der Waals surface area contributed by atoms with Crippen LogP contribution in [-0.4, -0.2) is 25.5 Å². The number of carbonyl (C=O) groups excluding carboxylic acids is 1. The van der Waals surface area contributed by atoms with Crippen LogP contribution in [0.5, 0.6) is 0 Å². The first kappa shape index (κ1) is 16.9. The molecular formula is C16H19ClN4O2. The van der Waals surface area contributed by atoms with Crippen molar-refractivity contribution in [1.29, 1.82) is 0 Å². The van der Waals surface area contributed by atoms with Crippen LogP contribution in [0.15, 0.2) is 45.8 Å². The summed E-state index contributed by atoms with van der Waals surface area (Å²) in [7, 11) is 1.69. The molecule has 7 heteroatoms. The van der Waals surface area contributed by atoms with Gasteiger partial charge in [-0.05, 0) is 36.2 Å². The number of aliphatic imine (C=N–C) groups is 1. The second-order valence-corrected chi connectivity index (χ2v) is 5.30. The molecule has 23 heavy (non-hydrogen) atoms. The molecule has 0 spiro atoms. The Bertz CT molecular complexity index is 697. The summed E-state index contributed by atoms with van der Waals surface area (Å²) >= 11 is 5.96. The van der Waals surface area contributed by atoms with Gasteiger partial charge in [0, 0.05) is 18.6 Å². The van der Waals surface area contributed by atoms with Crippen molar-refractivity contribution in [1.82, 2.24) is 10.6 Å². The lowest BCUT2D eigenvalue weighted by Gasteiger charge is -2.11. The van der Waals surface area contributed by atoms with Crippen LogP contribution in [-0.2, 0) is 13.0 Å². The van der Waals surface area contributed by atoms with Crippen molar-refractivity contribution in [2.45, 2.75) is 13.0 Å². The number of benzene rings is 1. The van der Waals surface area contributed by atoms with Crippen molar-refractivity contribution in [3.8, 4) is 0 Å². The molecule has 0 aliphatic carbocycles. The van der Waals surface area contributed by atoms with Gasteiger partial charge in [-0.15, -0.1) is 0 Å². The number of primary amides is 1. The van der Waals surface area contributed by atoms with Gasteiger partial charge in [0.1, 0.15) is 5.76 Å². The number of furan rings is 1. The number of hydrogen-bond acceptors (Lipinski definition) is 3. The van der Waals surface area contributed by atoms with Crippen molar-refractivity contribution in [2.75, 3.05) is 13.6 Å². The molecule has 0 saturated heterocycles. The zero-order chi connectivity index (χ0) is 16.7. The maximum Gasteiger partial charge on any atom is 0.284 e. The number of nitrogens with zero attached hydrogens (tertiary/aromatic N) is 1. The highest BCUT2D eigenvalue weighted by Gasteiger charge is 2.07. The molecule has 0 aliphatic rings. The van der Waals surface area contributed by atoms with Gasteiger partial charge in [0.25, 0.3) is 5.91 Å². The average Bonchev–Trinajstić information content (AvgIpc) is 3.00. The van der Waals surface area contributed by atoms with Crippen LogP contribution in [0.3, 0.4) is 0 Å². The molecule has 2 rings (SSSR count). The summed E-state index contributed by atoms with van der Waals surface area (Å²) in [4.78, 5) is 15.1. The van der Waals surface area contributed by atoms with Gasteiger partial charge in [-0.2, -0.15) is 0 Å². The minimum atomic E-state index is -0.583. The summed E-state index contributed by atoms with van der Waals surface area (Å²) in [5.74, 6) is 0.812. The van der Waals surface area contributed by atoms with Crippen molar-refractivity contribution >= 4 is 23.5 Å². The highest BCUT2D eigenvalue weighted by atomic mass is 35.5. The Morgan fingerprint density at radius 3 is 2.78 bits per heavy atom. The predicted molar refractivity (Wildman–Crippen MR) is 90.6 cm³/mol. The maximum absolute atomic E-state index is 11.0. The van der Waals surface area contributed by atoms with E-state index in [1.165, 1.54) is 0 Å². The van der Waals surface area contributed by atoms with Crippen LogP contribution in [0.2, 0.25) is 5.02 Å². The van der Waals surface area contributed by atoms with Gasteiger partial charge in [-0.1, -0.05) is 23.7 Å². The summed E-state index contributed by atoms with van der Waals surface area (Å²) in [6.07, 6.45) is 0.827. The molecule has 0 fully saturated rings. The second-order valence-electron chi connectivity index (χ2n) is 4.86. The first-order valence-corrected chi connectivity index (χ1v) is 7.54. The summed E-state index contributed by atoms with van der Waals surface area (Å²) in [5.41, 5.74) is 6.29. The Kier molecular flexibility index (Phi) is 6.05. The molecule has 0 atom stereocenters. The smallest absolute Gasteiger partial charge is 0.284 e. The minimum Gasteiger partial charge on any atom is -0.454 e. The molecule has 122 valence electrons. The van der Waals surface area contributed by atoms with Crippen LogP contribution >= 0.6 is 11.6 Å². The monoisotopic (exact) mass is 334 g/mol. The largest absolute Gasteiger partial charge is 0.454 e. The van der Waals surface area contributed by atoms with Crippen LogP contribution in [0.4, 0.5) is 0 Å². The van der Waals surface area contributed by atoms with Gasteiger partial charge < -0.3 is 20.8 Å². The lowest BCUT2D eigenvalue weighted by atomic mass is 10.1. The van der Waals surface area contributed by atoms with Crippen LogP contribution in [0.1, 0.15) is 21.9 Å². The molecule has 4 N–H and O–H groups in total. The van der Waals surface area contributed by atoms with Crippen molar-refractivity contribution in [3.63, 3.8) is 0 Å². The highest BCUT2D eigenvalue weighted by Crippen LogP contribution is 2.10. The van der Waals surface area contributed by atoms with Crippen molar-refractivity contribution in [3.05, 3.63) is 58.5 Å². The first-order valence-electron chi connectivity index (χ1n) is 7.16. The Morgan fingerprint density at radius 2 is 2.13 bits per heavy atom. The molecule has 2 aromatic rings. The van der Waals surface area contributed by atoms with Crippen molar-refractivity contribution in [2.24, 2.45) is 10.7 Å². The Hall–Kier alpha value is -2.47. The quantitative estimate of drug-likeness (QED) is 0.556. The molecule has 0 unspecified atom stereocenters. The lowest BCUT2D eigenvalue weighted by Crippen LogP contribution is -2.37. The van der Waals surface area contributed by atoms with Gasteiger partial charge in [0.15, 0.2) is 11.7 Å². The number of amides is 1. The average molecular weight is 335 g/mol. The predicted octanol–water partition coefficient (Wildman–Crippen LogP) is 1.94. The molecule has 1 aromatic carbocycles. The maximum atomic E-state index is 11.0. The van der Waals surface area contributed by atoms with Gasteiger partial charge >= 0.3 is 0 Å². The van der Waals surface area contributed by atoms with E-state index in [9.17, 15) is 4.79 Å². The van der Waals surface area contributed by atoms with E-state index in [0.717, 1.165) is 17.0 Å². The molecule has 1 aromatic heterocycles. The van der Waals surface area contributed by atoms with Crippen LogP contribution in [0, 0.1) is 0 Å².